The number of aliphatic hydroxyl groups is 1. The summed E-state index contributed by atoms with van der Waals surface area (Å²) < 4.78 is 28.0. The van der Waals surface area contributed by atoms with Crippen LogP contribution in [0.25, 0.3) is 0 Å². The Labute approximate surface area is 118 Å². The molecule has 20 heavy (non-hydrogen) atoms. The van der Waals surface area contributed by atoms with E-state index in [-0.39, 0.29) is 37.6 Å². The maximum absolute atomic E-state index is 9.35. The number of hydrogen-bond acceptors (Lipinski definition) is 6. The van der Waals surface area contributed by atoms with Crippen molar-refractivity contribution in [3.63, 3.8) is 0 Å². The van der Waals surface area contributed by atoms with Crippen molar-refractivity contribution in [1.29, 1.82) is 0 Å². The Morgan fingerprint density at radius 1 is 1.15 bits per heavy atom. The molecule has 0 bridgehead atoms. The highest BCUT2D eigenvalue weighted by atomic mass is 16.7. The van der Waals surface area contributed by atoms with E-state index in [2.05, 4.69) is 0 Å². The second-order valence-corrected chi connectivity index (χ2v) is 5.45. The van der Waals surface area contributed by atoms with E-state index in [9.17, 15) is 5.11 Å². The number of fused-ring (bicyclic) bond motifs is 1. The highest BCUT2D eigenvalue weighted by molar-refractivity contribution is 4.98. The number of ether oxygens (including phenoxy) is 5. The average molecular weight is 286 g/mol. The molecule has 0 spiro atoms. The molecule has 0 radical (unpaired) electrons. The summed E-state index contributed by atoms with van der Waals surface area (Å²) in [6.07, 6.45) is 4.08. The monoisotopic (exact) mass is 286 g/mol. The van der Waals surface area contributed by atoms with Crippen molar-refractivity contribution in [2.45, 2.75) is 37.6 Å². The van der Waals surface area contributed by atoms with Gasteiger partial charge >= 0.3 is 0 Å². The van der Waals surface area contributed by atoms with Gasteiger partial charge in [0.2, 0.25) is 0 Å². The molecule has 0 saturated carbocycles. The summed E-state index contributed by atoms with van der Waals surface area (Å²) in [6, 6.07) is 0. The van der Waals surface area contributed by atoms with Crippen LogP contribution in [0.15, 0.2) is 12.0 Å². The molecular weight excluding hydrogens is 264 g/mol. The summed E-state index contributed by atoms with van der Waals surface area (Å²) in [7, 11) is 0. The molecule has 1 N–H and O–H groups in total. The van der Waals surface area contributed by atoms with Gasteiger partial charge in [-0.25, -0.2) is 0 Å². The SMILES string of the molecule is OCC1COCOC1CC1=COC2CCOCCC2O1. The third-order valence-corrected chi connectivity index (χ3v) is 4.05. The van der Waals surface area contributed by atoms with E-state index >= 15 is 0 Å². The van der Waals surface area contributed by atoms with Crippen molar-refractivity contribution in [3.05, 3.63) is 12.0 Å². The maximum Gasteiger partial charge on any atom is 0.147 e. The van der Waals surface area contributed by atoms with Crippen LogP contribution in [0.4, 0.5) is 0 Å². The highest BCUT2D eigenvalue weighted by Gasteiger charge is 2.33. The summed E-state index contributed by atoms with van der Waals surface area (Å²) in [4.78, 5) is 0. The molecule has 2 saturated heterocycles. The first-order valence-corrected chi connectivity index (χ1v) is 7.26. The molecule has 3 rings (SSSR count). The highest BCUT2D eigenvalue weighted by Crippen LogP contribution is 2.29. The van der Waals surface area contributed by atoms with Gasteiger partial charge in [0.25, 0.3) is 0 Å². The van der Waals surface area contributed by atoms with E-state index < -0.39 is 0 Å². The molecule has 0 aromatic heterocycles. The van der Waals surface area contributed by atoms with Crippen molar-refractivity contribution in [1.82, 2.24) is 0 Å². The van der Waals surface area contributed by atoms with Gasteiger partial charge in [-0.1, -0.05) is 0 Å². The lowest BCUT2D eigenvalue weighted by Crippen LogP contribution is -2.39. The molecule has 3 aliphatic heterocycles. The van der Waals surface area contributed by atoms with Crippen LogP contribution in [-0.4, -0.2) is 56.6 Å². The molecule has 3 aliphatic rings. The largest absolute Gasteiger partial charge is 0.491 e. The summed E-state index contributed by atoms with van der Waals surface area (Å²) in [5, 5.41) is 9.35. The van der Waals surface area contributed by atoms with Crippen LogP contribution in [0.1, 0.15) is 19.3 Å². The van der Waals surface area contributed by atoms with Crippen LogP contribution >= 0.6 is 0 Å². The molecule has 2 fully saturated rings. The second kappa shape index (κ2) is 6.76. The van der Waals surface area contributed by atoms with Crippen LogP contribution in [-0.2, 0) is 23.7 Å². The molecule has 0 aromatic carbocycles. The minimum atomic E-state index is -0.0813. The smallest absolute Gasteiger partial charge is 0.147 e. The Hall–Kier alpha value is -0.820. The number of aliphatic hydroxyl groups excluding tert-OH is 1. The van der Waals surface area contributed by atoms with E-state index in [0.717, 1.165) is 25.2 Å². The Bertz CT molecular complexity index is 345. The van der Waals surface area contributed by atoms with Gasteiger partial charge in [-0.05, 0) is 0 Å². The third kappa shape index (κ3) is 3.25. The van der Waals surface area contributed by atoms with Crippen LogP contribution in [0, 0.1) is 5.92 Å². The third-order valence-electron chi connectivity index (χ3n) is 4.05. The quantitative estimate of drug-likeness (QED) is 0.827. The Morgan fingerprint density at radius 2 is 2.00 bits per heavy atom. The molecule has 0 aliphatic carbocycles. The molecule has 6 heteroatoms. The summed E-state index contributed by atoms with van der Waals surface area (Å²) in [5.74, 6) is 0.780. The number of hydrogen-bond donors (Lipinski definition) is 1. The lowest BCUT2D eigenvalue weighted by Gasteiger charge is -2.34. The maximum atomic E-state index is 9.35. The van der Waals surface area contributed by atoms with Crippen molar-refractivity contribution < 1.29 is 28.8 Å². The molecule has 4 unspecified atom stereocenters. The van der Waals surface area contributed by atoms with Crippen LogP contribution in [0.3, 0.4) is 0 Å². The number of rotatable bonds is 3. The zero-order valence-corrected chi connectivity index (χ0v) is 11.5. The van der Waals surface area contributed by atoms with Gasteiger partial charge in [-0.3, -0.25) is 0 Å². The Kier molecular flexibility index (Phi) is 4.77. The second-order valence-electron chi connectivity index (χ2n) is 5.45. The molecule has 0 aromatic rings. The predicted octanol–water partition coefficient (Wildman–Crippen LogP) is 0.794. The predicted molar refractivity (Wildman–Crippen MR) is 68.8 cm³/mol. The summed E-state index contributed by atoms with van der Waals surface area (Å²) in [5.41, 5.74) is 0. The van der Waals surface area contributed by atoms with Crippen LogP contribution in [0.5, 0.6) is 0 Å². The Morgan fingerprint density at radius 3 is 2.85 bits per heavy atom. The molecule has 4 atom stereocenters. The van der Waals surface area contributed by atoms with Gasteiger partial charge in [0.15, 0.2) is 0 Å². The topological polar surface area (TPSA) is 66.4 Å². The standard InChI is InChI=1S/C14H22O6/c15-6-10-7-17-9-19-14(10)5-11-8-18-12-1-3-16-4-2-13(12)20-11/h8,10,12-15H,1-7,9H2. The van der Waals surface area contributed by atoms with Gasteiger partial charge in [0.1, 0.15) is 31.0 Å². The molecule has 6 nitrogen and oxygen atoms in total. The van der Waals surface area contributed by atoms with Gasteiger partial charge in [-0.15, -0.1) is 0 Å². The van der Waals surface area contributed by atoms with Crippen LogP contribution < -0.4 is 0 Å². The fourth-order valence-corrected chi connectivity index (χ4v) is 2.82. The normalized spacial score (nSPS) is 38.0. The zero-order valence-electron chi connectivity index (χ0n) is 11.5. The summed E-state index contributed by atoms with van der Waals surface area (Å²) in [6.45, 7) is 2.29. The fraction of sp³-hybridized carbons (Fsp3) is 0.857. The molecule has 0 amide bonds. The van der Waals surface area contributed by atoms with Gasteiger partial charge < -0.3 is 28.8 Å². The zero-order chi connectivity index (χ0) is 13.8. The minimum absolute atomic E-state index is 0.0107. The van der Waals surface area contributed by atoms with E-state index in [4.69, 9.17) is 23.7 Å². The first-order valence-electron chi connectivity index (χ1n) is 7.26. The lowest BCUT2D eigenvalue weighted by atomic mass is 9.99. The van der Waals surface area contributed by atoms with Gasteiger partial charge in [0, 0.05) is 25.2 Å². The van der Waals surface area contributed by atoms with Crippen LogP contribution in [0.2, 0.25) is 0 Å². The molecular formula is C14H22O6. The van der Waals surface area contributed by atoms with E-state index in [1.165, 1.54) is 0 Å². The molecule has 3 heterocycles. The van der Waals surface area contributed by atoms with Gasteiger partial charge in [-0.2, -0.15) is 0 Å². The summed E-state index contributed by atoms with van der Waals surface area (Å²) >= 11 is 0. The Balaban J connectivity index is 1.58. The van der Waals surface area contributed by atoms with E-state index in [0.29, 0.717) is 19.6 Å². The van der Waals surface area contributed by atoms with Crippen molar-refractivity contribution in [2.75, 3.05) is 33.2 Å². The van der Waals surface area contributed by atoms with Crippen molar-refractivity contribution in [2.24, 2.45) is 5.92 Å². The van der Waals surface area contributed by atoms with E-state index in [1.807, 2.05) is 0 Å². The lowest BCUT2D eigenvalue weighted by molar-refractivity contribution is -0.181. The fourth-order valence-electron chi connectivity index (χ4n) is 2.82. The molecule has 114 valence electrons. The van der Waals surface area contributed by atoms with E-state index in [1.54, 1.807) is 6.26 Å². The average Bonchev–Trinajstić information content (AvgIpc) is 2.72. The first-order chi connectivity index (χ1) is 9.86. The van der Waals surface area contributed by atoms with Crippen molar-refractivity contribution in [3.8, 4) is 0 Å². The first kappa shape index (κ1) is 14.1. The van der Waals surface area contributed by atoms with Gasteiger partial charge in [0.05, 0.1) is 32.5 Å². The minimum Gasteiger partial charge on any atom is -0.491 e. The van der Waals surface area contributed by atoms with Crippen molar-refractivity contribution >= 4 is 0 Å².